The summed E-state index contributed by atoms with van der Waals surface area (Å²) in [4.78, 5) is 2.39. The summed E-state index contributed by atoms with van der Waals surface area (Å²) in [7, 11) is -3.31. The maximum Gasteiger partial charge on any atom is 0.179 e. The average Bonchev–Trinajstić information content (AvgIpc) is 2.44. The lowest BCUT2D eigenvalue weighted by molar-refractivity contribution is -0.0843. The van der Waals surface area contributed by atoms with Gasteiger partial charge in [-0.3, -0.25) is 4.90 Å². The number of hydrogen-bond donors (Lipinski definition) is 0. The highest BCUT2D eigenvalue weighted by Crippen LogP contribution is 2.17. The van der Waals surface area contributed by atoms with Crippen molar-refractivity contribution >= 4 is 9.84 Å². The second-order valence-electron chi connectivity index (χ2n) is 5.84. The van der Waals surface area contributed by atoms with Crippen LogP contribution in [0.2, 0.25) is 0 Å². The molecule has 1 aromatic rings. The van der Waals surface area contributed by atoms with Crippen molar-refractivity contribution in [3.63, 3.8) is 0 Å². The van der Waals surface area contributed by atoms with Gasteiger partial charge in [0.15, 0.2) is 9.84 Å². The first-order valence-corrected chi connectivity index (χ1v) is 8.57. The second-order valence-corrected chi connectivity index (χ2v) is 7.95. The molecule has 0 saturated carbocycles. The monoisotopic (exact) mass is 308 g/mol. The Morgan fingerprint density at radius 2 is 2.00 bits per heavy atom. The van der Waals surface area contributed by atoms with Crippen LogP contribution in [0.25, 0.3) is 0 Å². The van der Waals surface area contributed by atoms with Gasteiger partial charge in [-0.05, 0) is 38.1 Å². The van der Waals surface area contributed by atoms with Crippen LogP contribution >= 0.6 is 0 Å². The molecule has 6 heteroatoms. The molecule has 1 saturated heterocycles. The fourth-order valence-corrected chi connectivity index (χ4v) is 3.69. The highest BCUT2D eigenvalue weighted by atomic mass is 32.2. The summed E-state index contributed by atoms with van der Waals surface area (Å²) in [5, 5.41) is 8.74. The molecule has 2 rings (SSSR count). The fraction of sp³-hybridized carbons (Fsp3) is 0.533. The zero-order valence-electron chi connectivity index (χ0n) is 12.4. The van der Waals surface area contributed by atoms with Crippen molar-refractivity contribution < 1.29 is 13.2 Å². The molecule has 5 nitrogen and oxygen atoms in total. The number of ether oxygens (including phenoxy) is 1. The van der Waals surface area contributed by atoms with Crippen molar-refractivity contribution in [1.29, 1.82) is 5.26 Å². The third kappa shape index (κ3) is 4.27. The van der Waals surface area contributed by atoms with Crippen LogP contribution in [0.4, 0.5) is 0 Å². The molecule has 1 aliphatic rings. The SMILES string of the molecule is CC1(C)CN(CCS(=O)(=O)c2ccc(C#N)cc2)CCO1. The van der Waals surface area contributed by atoms with Crippen molar-refractivity contribution in [2.75, 3.05) is 32.0 Å². The van der Waals surface area contributed by atoms with Crippen LogP contribution in [0, 0.1) is 11.3 Å². The zero-order chi connectivity index (χ0) is 15.5. The molecule has 0 N–H and O–H groups in total. The third-order valence-corrected chi connectivity index (χ3v) is 5.23. The van der Waals surface area contributed by atoms with Crippen LogP contribution < -0.4 is 0 Å². The van der Waals surface area contributed by atoms with Gasteiger partial charge in [-0.1, -0.05) is 0 Å². The Morgan fingerprint density at radius 3 is 2.57 bits per heavy atom. The van der Waals surface area contributed by atoms with Gasteiger partial charge in [0.2, 0.25) is 0 Å². The number of nitriles is 1. The molecule has 0 spiro atoms. The molecule has 0 aromatic heterocycles. The summed E-state index contributed by atoms with van der Waals surface area (Å²) in [6, 6.07) is 8.04. The molecular formula is C15H20N2O3S. The van der Waals surface area contributed by atoms with E-state index in [0.29, 0.717) is 18.7 Å². The lowest BCUT2D eigenvalue weighted by atomic mass is 10.1. The molecular weight excluding hydrogens is 288 g/mol. The van der Waals surface area contributed by atoms with Crippen molar-refractivity contribution in [2.24, 2.45) is 0 Å². The summed E-state index contributed by atoms with van der Waals surface area (Å²) in [6.45, 7) is 6.63. The van der Waals surface area contributed by atoms with Crippen molar-refractivity contribution in [3.05, 3.63) is 29.8 Å². The van der Waals surface area contributed by atoms with Gasteiger partial charge in [-0.25, -0.2) is 8.42 Å². The van der Waals surface area contributed by atoms with Crippen LogP contribution in [0.1, 0.15) is 19.4 Å². The summed E-state index contributed by atoms with van der Waals surface area (Å²) in [5.74, 6) is 0.0784. The van der Waals surface area contributed by atoms with Gasteiger partial charge in [0, 0.05) is 19.6 Å². The van der Waals surface area contributed by atoms with Crippen LogP contribution in [-0.2, 0) is 14.6 Å². The van der Waals surface area contributed by atoms with E-state index >= 15 is 0 Å². The molecule has 0 aliphatic carbocycles. The first-order valence-electron chi connectivity index (χ1n) is 6.92. The lowest BCUT2D eigenvalue weighted by Crippen LogP contribution is -2.49. The quantitative estimate of drug-likeness (QED) is 0.842. The van der Waals surface area contributed by atoms with E-state index in [9.17, 15) is 8.42 Å². The predicted molar refractivity (Wildman–Crippen MR) is 79.7 cm³/mol. The van der Waals surface area contributed by atoms with Gasteiger partial charge in [-0.2, -0.15) is 5.26 Å². The molecule has 0 atom stereocenters. The Bertz CT molecular complexity index is 630. The van der Waals surface area contributed by atoms with E-state index in [1.165, 1.54) is 24.3 Å². The second kappa shape index (κ2) is 6.14. The molecule has 0 unspecified atom stereocenters. The highest BCUT2D eigenvalue weighted by Gasteiger charge is 2.28. The summed E-state index contributed by atoms with van der Waals surface area (Å²) >= 11 is 0. The molecule has 1 aliphatic heterocycles. The topological polar surface area (TPSA) is 70.4 Å². The van der Waals surface area contributed by atoms with Gasteiger partial charge in [-0.15, -0.1) is 0 Å². The summed E-state index contributed by atoms with van der Waals surface area (Å²) in [5.41, 5.74) is 0.236. The van der Waals surface area contributed by atoms with Crippen molar-refractivity contribution in [2.45, 2.75) is 24.3 Å². The molecule has 1 aromatic carbocycles. The summed E-state index contributed by atoms with van der Waals surface area (Å²) < 4.78 is 30.2. The minimum Gasteiger partial charge on any atom is -0.373 e. The van der Waals surface area contributed by atoms with E-state index in [1.807, 2.05) is 19.9 Å². The van der Waals surface area contributed by atoms with Crippen LogP contribution in [0.3, 0.4) is 0 Å². The molecule has 114 valence electrons. The van der Waals surface area contributed by atoms with Gasteiger partial charge >= 0.3 is 0 Å². The number of morpholine rings is 1. The lowest BCUT2D eigenvalue weighted by Gasteiger charge is -2.38. The Kier molecular flexibility index (Phi) is 4.67. The van der Waals surface area contributed by atoms with Crippen LogP contribution in [0.15, 0.2) is 29.2 Å². The predicted octanol–water partition coefficient (Wildman–Crippen LogP) is 1.44. The Hall–Kier alpha value is -1.42. The molecule has 1 heterocycles. The number of rotatable bonds is 4. The number of benzene rings is 1. The van der Waals surface area contributed by atoms with E-state index in [2.05, 4.69) is 4.90 Å². The normalized spacial score (nSPS) is 19.1. The van der Waals surface area contributed by atoms with Crippen molar-refractivity contribution in [3.8, 4) is 6.07 Å². The van der Waals surface area contributed by atoms with Crippen LogP contribution in [0.5, 0.6) is 0 Å². The minimum atomic E-state index is -3.31. The maximum atomic E-state index is 12.3. The third-order valence-electron chi connectivity index (χ3n) is 3.52. The molecule has 0 amide bonds. The molecule has 21 heavy (non-hydrogen) atoms. The largest absolute Gasteiger partial charge is 0.373 e. The zero-order valence-corrected chi connectivity index (χ0v) is 13.2. The van der Waals surface area contributed by atoms with Gasteiger partial charge < -0.3 is 4.74 Å². The smallest absolute Gasteiger partial charge is 0.179 e. The Morgan fingerprint density at radius 1 is 1.33 bits per heavy atom. The minimum absolute atomic E-state index is 0.0784. The van der Waals surface area contributed by atoms with E-state index in [0.717, 1.165) is 13.1 Å². The van der Waals surface area contributed by atoms with E-state index in [4.69, 9.17) is 10.00 Å². The molecule has 1 fully saturated rings. The first kappa shape index (κ1) is 16.0. The highest BCUT2D eigenvalue weighted by molar-refractivity contribution is 7.91. The molecule has 0 radical (unpaired) electrons. The van der Waals surface area contributed by atoms with E-state index in [-0.39, 0.29) is 16.2 Å². The maximum absolute atomic E-state index is 12.3. The van der Waals surface area contributed by atoms with Crippen molar-refractivity contribution in [1.82, 2.24) is 4.90 Å². The van der Waals surface area contributed by atoms with Crippen LogP contribution in [-0.4, -0.2) is 50.9 Å². The van der Waals surface area contributed by atoms with E-state index in [1.54, 1.807) is 0 Å². The number of hydrogen-bond acceptors (Lipinski definition) is 5. The summed E-state index contributed by atoms with van der Waals surface area (Å²) in [6.07, 6.45) is 0. The number of nitrogens with zero attached hydrogens (tertiary/aromatic N) is 2. The van der Waals surface area contributed by atoms with Gasteiger partial charge in [0.1, 0.15) is 0 Å². The number of sulfone groups is 1. The molecule has 0 bridgehead atoms. The standard InChI is InChI=1S/C15H20N2O3S/c1-15(2)12-17(7-9-20-15)8-10-21(18,19)14-5-3-13(11-16)4-6-14/h3-6H,7-10,12H2,1-2H3. The Labute approximate surface area is 126 Å². The fourth-order valence-electron chi connectivity index (χ4n) is 2.41. The average molecular weight is 308 g/mol. The van der Waals surface area contributed by atoms with Gasteiger partial charge in [0.05, 0.1) is 34.5 Å². The Balaban J connectivity index is 1.99. The van der Waals surface area contributed by atoms with E-state index < -0.39 is 9.84 Å². The van der Waals surface area contributed by atoms with Gasteiger partial charge in [0.25, 0.3) is 0 Å². The first-order chi connectivity index (χ1) is 9.82.